The third kappa shape index (κ3) is 3.27. The zero-order valence-electron chi connectivity index (χ0n) is 11.9. The molecule has 0 aromatic heterocycles. The summed E-state index contributed by atoms with van der Waals surface area (Å²) in [4.78, 5) is 2.47. The highest BCUT2D eigenvalue weighted by Crippen LogP contribution is 2.25. The van der Waals surface area contributed by atoms with Crippen molar-refractivity contribution in [3.05, 3.63) is 29.8 Å². The van der Waals surface area contributed by atoms with Gasteiger partial charge in [-0.25, -0.2) is 0 Å². The minimum atomic E-state index is 0.278. The Bertz CT molecular complexity index is 450. The number of hydrogen-bond donors (Lipinski definition) is 1. The van der Waals surface area contributed by atoms with Crippen LogP contribution in [0.4, 0.5) is 5.69 Å². The van der Waals surface area contributed by atoms with Gasteiger partial charge < -0.3 is 10.2 Å². The lowest BCUT2D eigenvalue weighted by Gasteiger charge is -2.32. The van der Waals surface area contributed by atoms with E-state index in [2.05, 4.69) is 54.4 Å². The van der Waals surface area contributed by atoms with Crippen molar-refractivity contribution in [2.75, 3.05) is 18.0 Å². The molecule has 2 unspecified atom stereocenters. The molecule has 1 heterocycles. The normalized spacial score (nSPS) is 23.7. The van der Waals surface area contributed by atoms with Crippen molar-refractivity contribution >= 4 is 5.69 Å². The van der Waals surface area contributed by atoms with Crippen LogP contribution < -0.4 is 10.2 Å². The number of aryl methyl sites for hydroxylation is 1. The van der Waals surface area contributed by atoms with Gasteiger partial charge in [0.2, 0.25) is 0 Å². The van der Waals surface area contributed by atoms with E-state index in [1.165, 1.54) is 11.3 Å². The summed E-state index contributed by atoms with van der Waals surface area (Å²) >= 11 is 0. The molecule has 0 amide bonds. The number of nitrogens with one attached hydrogen (secondary N) is 1. The largest absolute Gasteiger partial charge is 0.367 e. The molecule has 1 aromatic carbocycles. The van der Waals surface area contributed by atoms with Gasteiger partial charge in [0.15, 0.2) is 0 Å². The van der Waals surface area contributed by atoms with Crippen molar-refractivity contribution in [2.45, 2.75) is 45.2 Å². The average Bonchev–Trinajstić information content (AvgIpc) is 2.61. The predicted octanol–water partition coefficient (Wildman–Crippen LogP) is 2.72. The highest BCUT2D eigenvalue weighted by Gasteiger charge is 2.23. The van der Waals surface area contributed by atoms with Gasteiger partial charge in [0, 0.05) is 24.3 Å². The predicted molar refractivity (Wildman–Crippen MR) is 79.3 cm³/mol. The maximum Gasteiger partial charge on any atom is 0.0638 e. The summed E-state index contributed by atoms with van der Waals surface area (Å²) < 4.78 is 0. The SMILES string of the molecule is CCc1ccccc1N1CC(CC#N)NCCC1C. The van der Waals surface area contributed by atoms with Crippen LogP contribution >= 0.6 is 0 Å². The molecular weight excluding hydrogens is 234 g/mol. The summed E-state index contributed by atoms with van der Waals surface area (Å²) in [7, 11) is 0. The van der Waals surface area contributed by atoms with Crippen LogP contribution in [0.2, 0.25) is 0 Å². The number of nitrogens with zero attached hydrogens (tertiary/aromatic N) is 2. The first-order valence-corrected chi connectivity index (χ1v) is 7.21. The molecular formula is C16H23N3. The Morgan fingerprint density at radius 3 is 2.95 bits per heavy atom. The van der Waals surface area contributed by atoms with Gasteiger partial charge in [-0.15, -0.1) is 0 Å². The van der Waals surface area contributed by atoms with E-state index >= 15 is 0 Å². The molecule has 0 spiro atoms. The van der Waals surface area contributed by atoms with Crippen LogP contribution in [0.15, 0.2) is 24.3 Å². The minimum Gasteiger partial charge on any atom is -0.367 e. The molecule has 2 rings (SSSR count). The maximum atomic E-state index is 8.93. The quantitative estimate of drug-likeness (QED) is 0.905. The fraction of sp³-hybridized carbons (Fsp3) is 0.562. The van der Waals surface area contributed by atoms with Crippen molar-refractivity contribution in [1.82, 2.24) is 5.32 Å². The standard InChI is InChI=1S/C16H23N3/c1-3-14-6-4-5-7-16(14)19-12-15(8-10-17)18-11-9-13(19)2/h4-7,13,15,18H,3,8-9,11-12H2,1-2H3. The molecule has 0 radical (unpaired) electrons. The van der Waals surface area contributed by atoms with Crippen LogP contribution in [-0.2, 0) is 6.42 Å². The molecule has 1 aliphatic heterocycles. The second-order valence-electron chi connectivity index (χ2n) is 5.29. The van der Waals surface area contributed by atoms with Crippen molar-refractivity contribution in [3.63, 3.8) is 0 Å². The average molecular weight is 257 g/mol. The maximum absolute atomic E-state index is 8.93. The van der Waals surface area contributed by atoms with Crippen LogP contribution in [0, 0.1) is 11.3 Å². The number of benzene rings is 1. The molecule has 1 aliphatic rings. The molecule has 1 fully saturated rings. The van der Waals surface area contributed by atoms with Gasteiger partial charge in [0.1, 0.15) is 0 Å². The zero-order chi connectivity index (χ0) is 13.7. The van der Waals surface area contributed by atoms with Gasteiger partial charge in [-0.2, -0.15) is 5.26 Å². The summed E-state index contributed by atoms with van der Waals surface area (Å²) in [5.41, 5.74) is 2.73. The van der Waals surface area contributed by atoms with E-state index in [0.717, 1.165) is 25.9 Å². The highest BCUT2D eigenvalue weighted by molar-refractivity contribution is 5.54. The van der Waals surface area contributed by atoms with E-state index in [9.17, 15) is 0 Å². The molecule has 102 valence electrons. The Morgan fingerprint density at radius 2 is 2.21 bits per heavy atom. The smallest absolute Gasteiger partial charge is 0.0638 e. The summed E-state index contributed by atoms with van der Waals surface area (Å²) in [6.07, 6.45) is 2.76. The fourth-order valence-corrected chi connectivity index (χ4v) is 2.81. The summed E-state index contributed by atoms with van der Waals surface area (Å²) in [6, 6.07) is 11.7. The van der Waals surface area contributed by atoms with Crippen molar-refractivity contribution in [1.29, 1.82) is 5.26 Å². The van der Waals surface area contributed by atoms with Gasteiger partial charge in [-0.3, -0.25) is 0 Å². The van der Waals surface area contributed by atoms with E-state index in [0.29, 0.717) is 12.5 Å². The molecule has 2 atom stereocenters. The van der Waals surface area contributed by atoms with Crippen LogP contribution in [0.5, 0.6) is 0 Å². The molecule has 1 N–H and O–H groups in total. The van der Waals surface area contributed by atoms with Crippen LogP contribution in [0.3, 0.4) is 0 Å². The summed E-state index contributed by atoms with van der Waals surface area (Å²) in [5.74, 6) is 0. The van der Waals surface area contributed by atoms with Gasteiger partial charge in [0.25, 0.3) is 0 Å². The monoisotopic (exact) mass is 257 g/mol. The van der Waals surface area contributed by atoms with E-state index in [1.807, 2.05) is 0 Å². The number of rotatable bonds is 3. The number of hydrogen-bond acceptors (Lipinski definition) is 3. The number of para-hydroxylation sites is 1. The van der Waals surface area contributed by atoms with E-state index in [-0.39, 0.29) is 6.04 Å². The van der Waals surface area contributed by atoms with Gasteiger partial charge in [-0.05, 0) is 37.9 Å². The zero-order valence-corrected chi connectivity index (χ0v) is 11.9. The van der Waals surface area contributed by atoms with Crippen molar-refractivity contribution in [3.8, 4) is 6.07 Å². The van der Waals surface area contributed by atoms with Crippen molar-refractivity contribution < 1.29 is 0 Å². The Morgan fingerprint density at radius 1 is 1.42 bits per heavy atom. The molecule has 0 bridgehead atoms. The lowest BCUT2D eigenvalue weighted by molar-refractivity contribution is 0.552. The molecule has 1 aromatic rings. The van der Waals surface area contributed by atoms with E-state index < -0.39 is 0 Å². The van der Waals surface area contributed by atoms with Gasteiger partial charge >= 0.3 is 0 Å². The summed E-state index contributed by atoms with van der Waals surface area (Å²) in [5, 5.41) is 12.4. The lowest BCUT2D eigenvalue weighted by atomic mass is 10.1. The Hall–Kier alpha value is -1.53. The number of nitriles is 1. The van der Waals surface area contributed by atoms with E-state index in [4.69, 9.17) is 5.26 Å². The van der Waals surface area contributed by atoms with Crippen LogP contribution in [0.25, 0.3) is 0 Å². The lowest BCUT2D eigenvalue weighted by Crippen LogP contribution is -2.40. The molecule has 0 saturated carbocycles. The molecule has 3 nitrogen and oxygen atoms in total. The Balaban J connectivity index is 2.26. The highest BCUT2D eigenvalue weighted by atomic mass is 15.2. The minimum absolute atomic E-state index is 0.278. The first-order valence-electron chi connectivity index (χ1n) is 7.21. The van der Waals surface area contributed by atoms with E-state index in [1.54, 1.807) is 0 Å². The Kier molecular flexibility index (Phi) is 4.81. The second kappa shape index (κ2) is 6.58. The third-order valence-corrected chi connectivity index (χ3v) is 3.96. The van der Waals surface area contributed by atoms with Crippen LogP contribution in [-0.4, -0.2) is 25.2 Å². The van der Waals surface area contributed by atoms with Gasteiger partial charge in [-0.1, -0.05) is 25.1 Å². The van der Waals surface area contributed by atoms with Gasteiger partial charge in [0.05, 0.1) is 12.5 Å². The number of anilines is 1. The fourth-order valence-electron chi connectivity index (χ4n) is 2.81. The molecule has 0 aliphatic carbocycles. The third-order valence-electron chi connectivity index (χ3n) is 3.96. The molecule has 19 heavy (non-hydrogen) atoms. The molecule has 1 saturated heterocycles. The molecule has 3 heteroatoms. The first kappa shape index (κ1) is 13.9. The van der Waals surface area contributed by atoms with Crippen LogP contribution in [0.1, 0.15) is 32.3 Å². The Labute approximate surface area is 116 Å². The van der Waals surface area contributed by atoms with Crippen molar-refractivity contribution in [2.24, 2.45) is 0 Å². The summed E-state index contributed by atoms with van der Waals surface area (Å²) in [6.45, 7) is 6.40. The topological polar surface area (TPSA) is 39.1 Å². The second-order valence-corrected chi connectivity index (χ2v) is 5.29. The first-order chi connectivity index (χ1) is 9.26.